The van der Waals surface area contributed by atoms with Crippen LogP contribution in [0.25, 0.3) is 0 Å². The molecule has 0 unspecified atom stereocenters. The quantitative estimate of drug-likeness (QED) is 0.808. The Morgan fingerprint density at radius 1 is 0.963 bits per heavy atom. The molecule has 0 saturated heterocycles. The summed E-state index contributed by atoms with van der Waals surface area (Å²) in [5.74, 6) is 2.13. The lowest BCUT2D eigenvalue weighted by atomic mass is 10.00. The van der Waals surface area contributed by atoms with E-state index in [-0.39, 0.29) is 0 Å². The van der Waals surface area contributed by atoms with Gasteiger partial charge in [0.25, 0.3) is 0 Å². The average molecular weight is 389 g/mol. The fourth-order valence-corrected chi connectivity index (χ4v) is 5.38. The highest BCUT2D eigenvalue weighted by atomic mass is 32.2. The van der Waals surface area contributed by atoms with E-state index in [2.05, 4.69) is 0 Å². The Hall–Kier alpha value is -2.25. The lowest BCUT2D eigenvalue weighted by Gasteiger charge is -2.30. The first-order chi connectivity index (χ1) is 12.9. The predicted molar refractivity (Wildman–Crippen MR) is 101 cm³/mol. The number of methoxy groups -OCH3 is 1. The fraction of sp³-hybridized carbons (Fsp3) is 0.400. The van der Waals surface area contributed by atoms with E-state index in [9.17, 15) is 8.42 Å². The van der Waals surface area contributed by atoms with Crippen molar-refractivity contribution in [2.24, 2.45) is 0 Å². The highest BCUT2D eigenvalue weighted by Gasteiger charge is 2.31. The van der Waals surface area contributed by atoms with Gasteiger partial charge in [-0.25, -0.2) is 8.42 Å². The fourth-order valence-electron chi connectivity index (χ4n) is 3.67. The van der Waals surface area contributed by atoms with Crippen molar-refractivity contribution in [3.63, 3.8) is 0 Å². The second-order valence-corrected chi connectivity index (χ2v) is 8.85. The van der Waals surface area contributed by atoms with Gasteiger partial charge < -0.3 is 14.2 Å². The Kier molecular flexibility index (Phi) is 4.52. The highest BCUT2D eigenvalue weighted by molar-refractivity contribution is 7.89. The highest BCUT2D eigenvalue weighted by Crippen LogP contribution is 2.37. The molecule has 2 aliphatic heterocycles. The molecule has 27 heavy (non-hydrogen) atoms. The minimum atomic E-state index is -3.60. The maximum atomic E-state index is 13.3. The number of sulfonamides is 1. The van der Waals surface area contributed by atoms with Gasteiger partial charge in [-0.3, -0.25) is 0 Å². The first-order valence-electron chi connectivity index (χ1n) is 8.97. The Balaban J connectivity index is 1.68. The SMILES string of the molecule is COc1cc(C)c(S(=O)(=O)N2CCc3cc4c(cc3C2)OCCO4)cc1C. The molecule has 0 radical (unpaired) electrons. The van der Waals surface area contributed by atoms with Gasteiger partial charge in [-0.15, -0.1) is 0 Å². The second kappa shape index (κ2) is 6.73. The lowest BCUT2D eigenvalue weighted by molar-refractivity contribution is 0.171. The summed E-state index contributed by atoms with van der Waals surface area (Å²) in [6.07, 6.45) is 0.652. The predicted octanol–water partition coefficient (Wildman–Crippen LogP) is 2.83. The molecular formula is C20H23NO5S. The first kappa shape index (κ1) is 18.1. The number of aryl methyl sites for hydroxylation is 2. The van der Waals surface area contributed by atoms with Gasteiger partial charge in [0.05, 0.1) is 12.0 Å². The van der Waals surface area contributed by atoms with Crippen molar-refractivity contribution in [2.75, 3.05) is 26.9 Å². The van der Waals surface area contributed by atoms with Gasteiger partial charge >= 0.3 is 0 Å². The molecular weight excluding hydrogens is 366 g/mol. The number of ether oxygens (including phenoxy) is 3. The summed E-state index contributed by atoms with van der Waals surface area (Å²) in [5.41, 5.74) is 3.58. The zero-order chi connectivity index (χ0) is 19.2. The molecule has 7 heteroatoms. The van der Waals surface area contributed by atoms with Gasteiger partial charge in [-0.2, -0.15) is 4.31 Å². The minimum Gasteiger partial charge on any atom is -0.496 e. The van der Waals surface area contributed by atoms with E-state index in [0.29, 0.717) is 54.7 Å². The molecule has 0 saturated carbocycles. The van der Waals surface area contributed by atoms with Gasteiger partial charge in [0.2, 0.25) is 10.0 Å². The topological polar surface area (TPSA) is 65.1 Å². The van der Waals surface area contributed by atoms with E-state index < -0.39 is 10.0 Å². The normalized spacial score (nSPS) is 16.7. The Labute approximate surface area is 159 Å². The smallest absolute Gasteiger partial charge is 0.243 e. The lowest BCUT2D eigenvalue weighted by Crippen LogP contribution is -2.36. The van der Waals surface area contributed by atoms with Crippen LogP contribution >= 0.6 is 0 Å². The summed E-state index contributed by atoms with van der Waals surface area (Å²) in [4.78, 5) is 0.335. The third-order valence-electron chi connectivity index (χ3n) is 5.15. The molecule has 0 N–H and O–H groups in total. The van der Waals surface area contributed by atoms with Crippen LogP contribution in [0, 0.1) is 13.8 Å². The van der Waals surface area contributed by atoms with Crippen LogP contribution < -0.4 is 14.2 Å². The summed E-state index contributed by atoms with van der Waals surface area (Å²) < 4.78 is 44.7. The van der Waals surface area contributed by atoms with E-state index in [1.807, 2.05) is 19.1 Å². The van der Waals surface area contributed by atoms with Gasteiger partial charge in [-0.05, 0) is 66.8 Å². The Morgan fingerprint density at radius 3 is 2.30 bits per heavy atom. The first-order valence-corrected chi connectivity index (χ1v) is 10.4. The van der Waals surface area contributed by atoms with Crippen molar-refractivity contribution < 1.29 is 22.6 Å². The van der Waals surface area contributed by atoms with Crippen molar-refractivity contribution in [1.29, 1.82) is 0 Å². The maximum absolute atomic E-state index is 13.3. The van der Waals surface area contributed by atoms with Crippen molar-refractivity contribution in [3.05, 3.63) is 46.5 Å². The van der Waals surface area contributed by atoms with Crippen LogP contribution in [0.5, 0.6) is 17.2 Å². The van der Waals surface area contributed by atoms with E-state index >= 15 is 0 Å². The molecule has 2 aliphatic rings. The number of benzene rings is 2. The molecule has 144 valence electrons. The zero-order valence-corrected chi connectivity index (χ0v) is 16.6. The van der Waals surface area contributed by atoms with Crippen LogP contribution in [0.2, 0.25) is 0 Å². The summed E-state index contributed by atoms with van der Waals surface area (Å²) in [6.45, 7) is 5.49. The monoisotopic (exact) mass is 389 g/mol. The van der Waals surface area contributed by atoms with Crippen LogP contribution in [0.4, 0.5) is 0 Å². The molecule has 2 aromatic rings. The molecule has 2 aromatic carbocycles. The van der Waals surface area contributed by atoms with Crippen LogP contribution in [0.15, 0.2) is 29.2 Å². The molecule has 2 heterocycles. The van der Waals surface area contributed by atoms with E-state index in [1.54, 1.807) is 30.5 Å². The molecule has 0 aromatic heterocycles. The molecule has 0 atom stereocenters. The van der Waals surface area contributed by atoms with Gasteiger partial charge in [0.1, 0.15) is 19.0 Å². The average Bonchev–Trinajstić information content (AvgIpc) is 2.67. The number of rotatable bonds is 3. The van der Waals surface area contributed by atoms with Crippen LogP contribution in [-0.2, 0) is 23.0 Å². The summed E-state index contributed by atoms with van der Waals surface area (Å²) >= 11 is 0. The number of fused-ring (bicyclic) bond motifs is 2. The minimum absolute atomic E-state index is 0.332. The largest absolute Gasteiger partial charge is 0.496 e. The summed E-state index contributed by atoms with van der Waals surface area (Å²) in [5, 5.41) is 0. The van der Waals surface area contributed by atoms with E-state index in [0.717, 1.165) is 22.4 Å². The van der Waals surface area contributed by atoms with Crippen molar-refractivity contribution in [1.82, 2.24) is 4.31 Å². The third kappa shape index (κ3) is 3.15. The number of hydrogen-bond donors (Lipinski definition) is 0. The Bertz CT molecular complexity index is 1000. The molecule has 0 fully saturated rings. The third-order valence-corrected chi connectivity index (χ3v) is 7.14. The standard InChI is InChI=1S/C20H23NO5S/c1-13-9-20(14(2)8-17(13)24-3)27(22,23)21-5-4-15-10-18-19(11-16(15)12-21)26-7-6-25-18/h8-11H,4-7,12H2,1-3H3. The summed E-state index contributed by atoms with van der Waals surface area (Å²) in [6, 6.07) is 7.37. The zero-order valence-electron chi connectivity index (χ0n) is 15.7. The van der Waals surface area contributed by atoms with Gasteiger partial charge in [0.15, 0.2) is 11.5 Å². The van der Waals surface area contributed by atoms with Gasteiger partial charge in [0, 0.05) is 13.1 Å². The van der Waals surface area contributed by atoms with Crippen molar-refractivity contribution in [2.45, 2.75) is 31.7 Å². The van der Waals surface area contributed by atoms with Gasteiger partial charge in [-0.1, -0.05) is 0 Å². The summed E-state index contributed by atoms with van der Waals surface area (Å²) in [7, 11) is -2.01. The molecule has 0 amide bonds. The van der Waals surface area contributed by atoms with Crippen LogP contribution in [0.1, 0.15) is 22.3 Å². The van der Waals surface area contributed by atoms with Crippen LogP contribution in [-0.4, -0.2) is 39.6 Å². The van der Waals surface area contributed by atoms with Crippen LogP contribution in [0.3, 0.4) is 0 Å². The molecule has 6 nitrogen and oxygen atoms in total. The Morgan fingerprint density at radius 2 is 1.63 bits per heavy atom. The van der Waals surface area contributed by atoms with Crippen molar-refractivity contribution in [3.8, 4) is 17.2 Å². The molecule has 0 spiro atoms. The van der Waals surface area contributed by atoms with E-state index in [1.165, 1.54) is 0 Å². The second-order valence-electron chi connectivity index (χ2n) is 6.94. The molecule has 0 bridgehead atoms. The van der Waals surface area contributed by atoms with Crippen molar-refractivity contribution >= 4 is 10.0 Å². The van der Waals surface area contributed by atoms with E-state index in [4.69, 9.17) is 14.2 Å². The molecule has 0 aliphatic carbocycles. The number of hydrogen-bond acceptors (Lipinski definition) is 5. The number of nitrogens with zero attached hydrogens (tertiary/aromatic N) is 1. The molecule has 4 rings (SSSR count). The maximum Gasteiger partial charge on any atom is 0.243 e.